The van der Waals surface area contributed by atoms with E-state index in [1.54, 1.807) is 0 Å². The van der Waals surface area contributed by atoms with Crippen molar-refractivity contribution in [2.24, 2.45) is 5.92 Å². The van der Waals surface area contributed by atoms with E-state index in [1.165, 1.54) is 116 Å². The molecule has 0 unspecified atom stereocenters. The van der Waals surface area contributed by atoms with Crippen molar-refractivity contribution in [1.82, 2.24) is 4.90 Å². The SMILES string of the molecule is CCCCCCCCC(CCCCCCCC)COC(=O)CCCCCN(C/C=C/CBr)C1CCC1. The zero-order chi connectivity index (χ0) is 26.1. The lowest BCUT2D eigenvalue weighted by Crippen LogP contribution is -2.40. The number of hydrogen-bond acceptors (Lipinski definition) is 3. The Labute approximate surface area is 233 Å². The van der Waals surface area contributed by atoms with Crippen LogP contribution in [0.5, 0.6) is 0 Å². The van der Waals surface area contributed by atoms with Crippen molar-refractivity contribution in [3.63, 3.8) is 0 Å². The fraction of sp³-hybridized carbons (Fsp3) is 0.906. The third-order valence-electron chi connectivity index (χ3n) is 7.92. The van der Waals surface area contributed by atoms with Gasteiger partial charge in [-0.05, 0) is 51.0 Å². The Bertz CT molecular complexity index is 504. The molecule has 0 N–H and O–H groups in total. The molecule has 1 rings (SSSR count). The Morgan fingerprint density at radius 1 is 0.833 bits per heavy atom. The van der Waals surface area contributed by atoms with Crippen LogP contribution >= 0.6 is 15.9 Å². The van der Waals surface area contributed by atoms with Crippen LogP contribution in [0.4, 0.5) is 0 Å². The zero-order valence-corrected chi connectivity index (χ0v) is 25.7. The van der Waals surface area contributed by atoms with Crippen LogP contribution in [-0.4, -0.2) is 41.9 Å². The summed E-state index contributed by atoms with van der Waals surface area (Å²) in [4.78, 5) is 15.1. The van der Waals surface area contributed by atoms with E-state index in [9.17, 15) is 4.79 Å². The van der Waals surface area contributed by atoms with Gasteiger partial charge in [0.1, 0.15) is 0 Å². The molecule has 0 aromatic heterocycles. The molecule has 0 bridgehead atoms. The summed E-state index contributed by atoms with van der Waals surface area (Å²) in [6.45, 7) is 7.43. The summed E-state index contributed by atoms with van der Waals surface area (Å²) in [6.07, 6.45) is 31.0. The van der Waals surface area contributed by atoms with Crippen LogP contribution in [0.25, 0.3) is 0 Å². The maximum Gasteiger partial charge on any atom is 0.305 e. The second kappa shape index (κ2) is 25.0. The number of allylic oxidation sites excluding steroid dienone is 1. The van der Waals surface area contributed by atoms with Crippen LogP contribution in [0.15, 0.2) is 12.2 Å². The molecular formula is C32H60BrNO2. The third-order valence-corrected chi connectivity index (χ3v) is 8.30. The first-order valence-electron chi connectivity index (χ1n) is 15.8. The second-order valence-corrected chi connectivity index (χ2v) is 11.8. The topological polar surface area (TPSA) is 29.5 Å². The van der Waals surface area contributed by atoms with Crippen molar-refractivity contribution in [2.45, 2.75) is 155 Å². The van der Waals surface area contributed by atoms with Crippen LogP contribution in [-0.2, 0) is 9.53 Å². The average Bonchev–Trinajstić information content (AvgIpc) is 2.84. The molecule has 0 heterocycles. The molecule has 1 saturated carbocycles. The number of esters is 1. The largest absolute Gasteiger partial charge is 0.465 e. The third kappa shape index (κ3) is 18.8. The molecular weight excluding hydrogens is 510 g/mol. The highest BCUT2D eigenvalue weighted by Crippen LogP contribution is 2.25. The highest BCUT2D eigenvalue weighted by Gasteiger charge is 2.23. The number of rotatable bonds is 26. The molecule has 0 atom stereocenters. The standard InChI is InChI=1S/C32H60BrNO2/c1-3-5-7-9-11-14-21-30(22-15-12-10-8-6-4-2)29-36-32(35)25-16-13-18-27-34(28-19-17-26-33)31-23-20-24-31/h17,19,30-31H,3-16,18,20-29H2,1-2H3/b19-17+. The van der Waals surface area contributed by atoms with Gasteiger partial charge in [0, 0.05) is 24.3 Å². The van der Waals surface area contributed by atoms with Gasteiger partial charge < -0.3 is 4.74 Å². The molecule has 1 aliphatic carbocycles. The number of carbonyl (C=O) groups is 1. The molecule has 0 aliphatic heterocycles. The summed E-state index contributed by atoms with van der Waals surface area (Å²) in [5.74, 6) is 0.594. The molecule has 0 radical (unpaired) electrons. The van der Waals surface area contributed by atoms with E-state index in [1.807, 2.05) is 0 Å². The molecule has 3 nitrogen and oxygen atoms in total. The summed E-state index contributed by atoms with van der Waals surface area (Å²) >= 11 is 3.47. The Kier molecular flexibility index (Phi) is 23.3. The van der Waals surface area contributed by atoms with Crippen LogP contribution < -0.4 is 0 Å². The number of carbonyl (C=O) groups excluding carboxylic acids is 1. The van der Waals surface area contributed by atoms with E-state index in [0.29, 0.717) is 18.9 Å². The minimum Gasteiger partial charge on any atom is -0.465 e. The number of hydrogen-bond donors (Lipinski definition) is 0. The summed E-state index contributed by atoms with van der Waals surface area (Å²) in [7, 11) is 0. The van der Waals surface area contributed by atoms with Gasteiger partial charge in [-0.2, -0.15) is 0 Å². The van der Waals surface area contributed by atoms with Gasteiger partial charge in [0.05, 0.1) is 6.61 Å². The Hall–Kier alpha value is -0.350. The molecule has 1 fully saturated rings. The fourth-order valence-corrected chi connectivity index (χ4v) is 5.49. The maximum atomic E-state index is 12.4. The van der Waals surface area contributed by atoms with E-state index >= 15 is 0 Å². The number of ether oxygens (including phenoxy) is 1. The van der Waals surface area contributed by atoms with Gasteiger partial charge >= 0.3 is 5.97 Å². The summed E-state index contributed by atoms with van der Waals surface area (Å²) in [5.41, 5.74) is 0. The van der Waals surface area contributed by atoms with Crippen LogP contribution in [0.3, 0.4) is 0 Å². The van der Waals surface area contributed by atoms with Crippen LogP contribution in [0.1, 0.15) is 149 Å². The molecule has 4 heteroatoms. The second-order valence-electron chi connectivity index (χ2n) is 11.2. The zero-order valence-electron chi connectivity index (χ0n) is 24.1. The van der Waals surface area contributed by atoms with Crippen molar-refractivity contribution < 1.29 is 9.53 Å². The summed E-state index contributed by atoms with van der Waals surface area (Å²) in [6, 6.07) is 0.783. The smallest absolute Gasteiger partial charge is 0.305 e. The van der Waals surface area contributed by atoms with Gasteiger partial charge in [0.2, 0.25) is 0 Å². The summed E-state index contributed by atoms with van der Waals surface area (Å²) in [5, 5.41) is 0.937. The average molecular weight is 571 g/mol. The van der Waals surface area contributed by atoms with Crippen molar-refractivity contribution >= 4 is 21.9 Å². The minimum atomic E-state index is 0.0296. The van der Waals surface area contributed by atoms with Gasteiger partial charge in [0.25, 0.3) is 0 Å². The molecule has 0 amide bonds. The van der Waals surface area contributed by atoms with Crippen molar-refractivity contribution in [3.05, 3.63) is 12.2 Å². The molecule has 0 aromatic carbocycles. The first-order valence-corrected chi connectivity index (χ1v) is 16.9. The van der Waals surface area contributed by atoms with Crippen molar-refractivity contribution in [1.29, 1.82) is 0 Å². The number of unbranched alkanes of at least 4 members (excludes halogenated alkanes) is 12. The van der Waals surface area contributed by atoms with E-state index in [0.717, 1.165) is 37.3 Å². The normalized spacial score (nSPS) is 14.2. The maximum absolute atomic E-state index is 12.4. The van der Waals surface area contributed by atoms with Gasteiger partial charge in [-0.25, -0.2) is 0 Å². The van der Waals surface area contributed by atoms with E-state index < -0.39 is 0 Å². The first kappa shape index (κ1) is 33.7. The predicted molar refractivity (Wildman–Crippen MR) is 161 cm³/mol. The lowest BCUT2D eigenvalue weighted by atomic mass is 9.91. The van der Waals surface area contributed by atoms with Crippen LogP contribution in [0, 0.1) is 5.92 Å². The Morgan fingerprint density at radius 2 is 1.42 bits per heavy atom. The number of alkyl halides is 1. The molecule has 1 aliphatic rings. The van der Waals surface area contributed by atoms with Crippen molar-refractivity contribution in [2.75, 3.05) is 25.0 Å². The van der Waals surface area contributed by atoms with Crippen molar-refractivity contribution in [3.8, 4) is 0 Å². The van der Waals surface area contributed by atoms with Gasteiger partial charge in [-0.3, -0.25) is 9.69 Å². The lowest BCUT2D eigenvalue weighted by molar-refractivity contribution is -0.145. The number of halogens is 1. The lowest BCUT2D eigenvalue weighted by Gasteiger charge is -2.37. The minimum absolute atomic E-state index is 0.0296. The molecule has 0 aromatic rings. The van der Waals surface area contributed by atoms with Gasteiger partial charge in [0.15, 0.2) is 0 Å². The Morgan fingerprint density at radius 3 is 1.97 bits per heavy atom. The fourth-order valence-electron chi connectivity index (χ4n) is 5.23. The van der Waals surface area contributed by atoms with Gasteiger partial charge in [-0.1, -0.05) is 132 Å². The molecule has 212 valence electrons. The molecule has 36 heavy (non-hydrogen) atoms. The van der Waals surface area contributed by atoms with E-state index in [2.05, 4.69) is 46.8 Å². The van der Waals surface area contributed by atoms with Crippen LogP contribution in [0.2, 0.25) is 0 Å². The Balaban J connectivity index is 2.21. The summed E-state index contributed by atoms with van der Waals surface area (Å²) < 4.78 is 5.79. The highest BCUT2D eigenvalue weighted by atomic mass is 79.9. The first-order chi connectivity index (χ1) is 17.7. The number of nitrogens with zero attached hydrogens (tertiary/aromatic N) is 1. The highest BCUT2D eigenvalue weighted by molar-refractivity contribution is 9.09. The van der Waals surface area contributed by atoms with E-state index in [4.69, 9.17) is 4.74 Å². The molecule has 0 spiro atoms. The van der Waals surface area contributed by atoms with E-state index in [-0.39, 0.29) is 5.97 Å². The predicted octanol–water partition coefficient (Wildman–Crippen LogP) is 10.0. The monoisotopic (exact) mass is 569 g/mol. The quantitative estimate of drug-likeness (QED) is 0.0449. The van der Waals surface area contributed by atoms with Gasteiger partial charge in [-0.15, -0.1) is 0 Å². The molecule has 0 saturated heterocycles.